The molecule has 0 aromatic carbocycles. The summed E-state index contributed by atoms with van der Waals surface area (Å²) in [5.74, 6) is 2.55. The van der Waals surface area contributed by atoms with Crippen molar-refractivity contribution >= 4 is 17.7 Å². The van der Waals surface area contributed by atoms with Crippen LogP contribution < -0.4 is 0 Å². The fourth-order valence-electron chi connectivity index (χ4n) is 3.19. The van der Waals surface area contributed by atoms with Gasteiger partial charge in [0.25, 0.3) is 0 Å². The van der Waals surface area contributed by atoms with E-state index in [0.29, 0.717) is 5.91 Å². The molecule has 1 atom stereocenters. The molecular formula is C16H23N3OS. The van der Waals surface area contributed by atoms with Crippen LogP contribution in [0.4, 0.5) is 0 Å². The van der Waals surface area contributed by atoms with Crippen molar-refractivity contribution in [1.29, 1.82) is 0 Å². The Hall–Kier alpha value is -1.07. The summed E-state index contributed by atoms with van der Waals surface area (Å²) in [5.41, 5.74) is 1.30. The highest BCUT2D eigenvalue weighted by Crippen LogP contribution is 2.21. The quantitative estimate of drug-likeness (QED) is 0.848. The zero-order valence-electron chi connectivity index (χ0n) is 12.4. The lowest BCUT2D eigenvalue weighted by Gasteiger charge is -2.32. The number of carbonyl (C=O) groups excluding carboxylic acids is 1. The molecule has 3 rings (SSSR count). The fourth-order valence-corrected chi connectivity index (χ4v) is 4.09. The van der Waals surface area contributed by atoms with Crippen LogP contribution in [0.1, 0.15) is 18.4 Å². The minimum Gasteiger partial charge on any atom is -0.340 e. The molecule has 1 aromatic heterocycles. The van der Waals surface area contributed by atoms with Gasteiger partial charge in [-0.1, -0.05) is 0 Å². The largest absolute Gasteiger partial charge is 0.340 e. The lowest BCUT2D eigenvalue weighted by Crippen LogP contribution is -2.48. The van der Waals surface area contributed by atoms with E-state index >= 15 is 0 Å². The molecule has 21 heavy (non-hydrogen) atoms. The molecule has 1 aromatic rings. The minimum absolute atomic E-state index is 0.120. The van der Waals surface area contributed by atoms with Gasteiger partial charge >= 0.3 is 0 Å². The van der Waals surface area contributed by atoms with Gasteiger partial charge in [-0.05, 0) is 43.5 Å². The molecule has 114 valence electrons. The van der Waals surface area contributed by atoms with Crippen LogP contribution in [-0.4, -0.2) is 64.4 Å². The monoisotopic (exact) mass is 305 g/mol. The summed E-state index contributed by atoms with van der Waals surface area (Å²) >= 11 is 1.95. The van der Waals surface area contributed by atoms with Crippen molar-refractivity contribution in [3.05, 3.63) is 30.1 Å². The molecule has 1 unspecified atom stereocenters. The molecule has 0 radical (unpaired) electrons. The van der Waals surface area contributed by atoms with Gasteiger partial charge in [-0.25, -0.2) is 0 Å². The number of rotatable bonds is 4. The van der Waals surface area contributed by atoms with Gasteiger partial charge in [-0.3, -0.25) is 14.7 Å². The van der Waals surface area contributed by atoms with Crippen LogP contribution in [-0.2, 0) is 11.2 Å². The summed E-state index contributed by atoms with van der Waals surface area (Å²) in [6.07, 6.45) is 6.86. The van der Waals surface area contributed by atoms with E-state index < -0.39 is 0 Å². The third kappa shape index (κ3) is 3.77. The van der Waals surface area contributed by atoms with Crippen LogP contribution in [0.5, 0.6) is 0 Å². The van der Waals surface area contributed by atoms with E-state index in [-0.39, 0.29) is 6.04 Å². The summed E-state index contributed by atoms with van der Waals surface area (Å²) in [5, 5.41) is 0. The van der Waals surface area contributed by atoms with Crippen molar-refractivity contribution in [2.45, 2.75) is 25.3 Å². The van der Waals surface area contributed by atoms with Crippen molar-refractivity contribution in [2.24, 2.45) is 0 Å². The molecule has 2 fully saturated rings. The molecule has 4 nitrogen and oxygen atoms in total. The first-order valence-electron chi connectivity index (χ1n) is 7.84. The Morgan fingerprint density at radius 1 is 1.24 bits per heavy atom. The number of likely N-dealkylation sites (tertiary alicyclic amines) is 1. The number of hydrogen-bond donors (Lipinski definition) is 0. The Labute approximate surface area is 130 Å². The average Bonchev–Trinajstić information content (AvgIpc) is 3.02. The predicted octanol–water partition coefficient (Wildman–Crippen LogP) is 1.66. The van der Waals surface area contributed by atoms with Crippen molar-refractivity contribution in [3.8, 4) is 0 Å². The van der Waals surface area contributed by atoms with Crippen LogP contribution >= 0.6 is 11.8 Å². The van der Waals surface area contributed by atoms with E-state index in [1.807, 2.05) is 24.2 Å². The number of hydrogen-bond acceptors (Lipinski definition) is 4. The molecule has 0 spiro atoms. The highest BCUT2D eigenvalue weighted by atomic mass is 32.2. The first-order chi connectivity index (χ1) is 10.3. The van der Waals surface area contributed by atoms with Gasteiger partial charge in [-0.2, -0.15) is 11.8 Å². The molecule has 2 aliphatic heterocycles. The number of pyridine rings is 1. The molecule has 1 amide bonds. The van der Waals surface area contributed by atoms with E-state index in [2.05, 4.69) is 26.9 Å². The third-order valence-corrected chi connectivity index (χ3v) is 5.35. The number of thioether (sulfide) groups is 1. The van der Waals surface area contributed by atoms with E-state index in [1.54, 1.807) is 0 Å². The maximum absolute atomic E-state index is 12.7. The summed E-state index contributed by atoms with van der Waals surface area (Å²) in [7, 11) is 0. The maximum atomic E-state index is 12.7. The zero-order valence-corrected chi connectivity index (χ0v) is 13.2. The van der Waals surface area contributed by atoms with Crippen LogP contribution in [0.3, 0.4) is 0 Å². The van der Waals surface area contributed by atoms with Gasteiger partial charge in [0.05, 0.1) is 6.04 Å². The lowest BCUT2D eigenvalue weighted by molar-refractivity contribution is -0.135. The minimum atomic E-state index is 0.120. The predicted molar refractivity (Wildman–Crippen MR) is 86.4 cm³/mol. The number of carbonyl (C=O) groups is 1. The molecular weight excluding hydrogens is 282 g/mol. The second-order valence-electron chi connectivity index (χ2n) is 5.74. The highest BCUT2D eigenvalue weighted by molar-refractivity contribution is 7.99. The van der Waals surface area contributed by atoms with E-state index in [4.69, 9.17) is 0 Å². The second-order valence-corrected chi connectivity index (χ2v) is 6.96. The normalized spacial score (nSPS) is 23.4. The fraction of sp³-hybridized carbons (Fsp3) is 0.625. The van der Waals surface area contributed by atoms with Gasteiger partial charge in [0.2, 0.25) is 5.91 Å². The first-order valence-corrected chi connectivity index (χ1v) is 8.99. The summed E-state index contributed by atoms with van der Waals surface area (Å²) in [6, 6.07) is 4.25. The van der Waals surface area contributed by atoms with Gasteiger partial charge in [-0.15, -0.1) is 0 Å². The van der Waals surface area contributed by atoms with Crippen molar-refractivity contribution in [1.82, 2.24) is 14.8 Å². The second kappa shape index (κ2) is 7.27. The maximum Gasteiger partial charge on any atom is 0.239 e. The van der Waals surface area contributed by atoms with Crippen LogP contribution in [0.2, 0.25) is 0 Å². The van der Waals surface area contributed by atoms with Crippen LogP contribution in [0, 0.1) is 0 Å². The van der Waals surface area contributed by atoms with Gasteiger partial charge in [0.1, 0.15) is 0 Å². The Morgan fingerprint density at radius 2 is 2.00 bits per heavy atom. The van der Waals surface area contributed by atoms with Crippen molar-refractivity contribution in [2.75, 3.05) is 37.7 Å². The molecule has 2 saturated heterocycles. The lowest BCUT2D eigenvalue weighted by atomic mass is 10.1. The van der Waals surface area contributed by atoms with Gasteiger partial charge < -0.3 is 4.90 Å². The summed E-state index contributed by atoms with van der Waals surface area (Å²) in [4.78, 5) is 21.2. The smallest absolute Gasteiger partial charge is 0.239 e. The van der Waals surface area contributed by atoms with Crippen LogP contribution in [0.25, 0.3) is 0 Å². The van der Waals surface area contributed by atoms with Crippen molar-refractivity contribution in [3.63, 3.8) is 0 Å². The molecule has 0 bridgehead atoms. The standard InChI is InChI=1S/C16H23N3OS/c20-16(19-10-12-21-13-11-19)15-2-1-8-18(15)9-5-14-3-6-17-7-4-14/h3-4,6-7,15H,1-2,5,8-13H2. The van der Waals surface area contributed by atoms with Crippen LogP contribution in [0.15, 0.2) is 24.5 Å². The third-order valence-electron chi connectivity index (χ3n) is 4.41. The van der Waals surface area contributed by atoms with E-state index in [1.165, 1.54) is 5.56 Å². The average molecular weight is 305 g/mol. The number of amides is 1. The summed E-state index contributed by atoms with van der Waals surface area (Å²) in [6.45, 7) is 3.89. The highest BCUT2D eigenvalue weighted by Gasteiger charge is 2.33. The zero-order chi connectivity index (χ0) is 14.5. The number of aromatic nitrogens is 1. The van der Waals surface area contributed by atoms with Crippen molar-refractivity contribution < 1.29 is 4.79 Å². The van der Waals surface area contributed by atoms with E-state index in [0.717, 1.165) is 56.9 Å². The van der Waals surface area contributed by atoms with Gasteiger partial charge in [0, 0.05) is 43.5 Å². The molecule has 3 heterocycles. The summed E-state index contributed by atoms with van der Waals surface area (Å²) < 4.78 is 0. The van der Waals surface area contributed by atoms with Gasteiger partial charge in [0.15, 0.2) is 0 Å². The molecule has 0 N–H and O–H groups in total. The topological polar surface area (TPSA) is 36.4 Å². The molecule has 5 heteroatoms. The van der Waals surface area contributed by atoms with E-state index in [9.17, 15) is 4.79 Å². The molecule has 0 aliphatic carbocycles. The SMILES string of the molecule is O=C(C1CCCN1CCc1ccncc1)N1CCSCC1. The Balaban J connectivity index is 1.56. The molecule has 2 aliphatic rings. The Kier molecular flexibility index (Phi) is 5.14. The first kappa shape index (κ1) is 14.9. The molecule has 0 saturated carbocycles. The Morgan fingerprint density at radius 3 is 2.76 bits per heavy atom. The Bertz CT molecular complexity index is 462. The number of nitrogens with zero attached hydrogens (tertiary/aromatic N) is 3.